The SMILES string of the molecule is O=S(=O)(c1ccccc1)n1c(-c2cccc(CO)c2)cc2cccnc21. The third kappa shape index (κ3) is 2.69. The number of pyridine rings is 1. The van der Waals surface area contributed by atoms with E-state index in [0.29, 0.717) is 22.5 Å². The highest BCUT2D eigenvalue weighted by Crippen LogP contribution is 2.31. The average Bonchev–Trinajstić information content (AvgIpc) is 3.09. The summed E-state index contributed by atoms with van der Waals surface area (Å²) in [6, 6.07) is 20.9. The molecule has 1 N–H and O–H groups in total. The minimum atomic E-state index is -3.83. The van der Waals surface area contributed by atoms with Gasteiger partial charge in [-0.25, -0.2) is 17.4 Å². The molecule has 2 heterocycles. The molecule has 0 spiro atoms. The summed E-state index contributed by atoms with van der Waals surface area (Å²) in [7, 11) is -3.83. The van der Waals surface area contributed by atoms with E-state index in [9.17, 15) is 13.5 Å². The lowest BCUT2D eigenvalue weighted by molar-refractivity contribution is 0.282. The highest BCUT2D eigenvalue weighted by molar-refractivity contribution is 7.90. The van der Waals surface area contributed by atoms with Crippen molar-refractivity contribution < 1.29 is 13.5 Å². The molecule has 0 atom stereocenters. The van der Waals surface area contributed by atoms with Gasteiger partial charge in [-0.05, 0) is 47.5 Å². The number of rotatable bonds is 4. The van der Waals surface area contributed by atoms with Gasteiger partial charge in [-0.3, -0.25) is 0 Å². The van der Waals surface area contributed by atoms with Crippen molar-refractivity contribution in [3.63, 3.8) is 0 Å². The summed E-state index contributed by atoms with van der Waals surface area (Å²) in [4.78, 5) is 4.49. The van der Waals surface area contributed by atoms with Gasteiger partial charge in [-0.15, -0.1) is 0 Å². The second-order valence-electron chi connectivity index (χ2n) is 5.89. The minimum Gasteiger partial charge on any atom is -0.392 e. The van der Waals surface area contributed by atoms with Crippen molar-refractivity contribution in [2.24, 2.45) is 0 Å². The fourth-order valence-electron chi connectivity index (χ4n) is 2.98. The lowest BCUT2D eigenvalue weighted by Gasteiger charge is -2.12. The Morgan fingerprint density at radius 2 is 1.73 bits per heavy atom. The van der Waals surface area contributed by atoms with E-state index in [-0.39, 0.29) is 11.5 Å². The van der Waals surface area contributed by atoms with Gasteiger partial charge in [0.2, 0.25) is 0 Å². The molecule has 0 aliphatic heterocycles. The summed E-state index contributed by atoms with van der Waals surface area (Å²) in [5, 5.41) is 10.2. The van der Waals surface area contributed by atoms with E-state index in [0.717, 1.165) is 5.39 Å². The summed E-state index contributed by atoms with van der Waals surface area (Å²) >= 11 is 0. The Labute approximate surface area is 151 Å². The Kier molecular flexibility index (Phi) is 4.06. The van der Waals surface area contributed by atoms with Crippen molar-refractivity contribution >= 4 is 21.1 Å². The van der Waals surface area contributed by atoms with Crippen molar-refractivity contribution in [2.45, 2.75) is 11.5 Å². The molecular formula is C20H16N2O3S. The Morgan fingerprint density at radius 3 is 2.50 bits per heavy atom. The predicted octanol–water partition coefficient (Wildman–Crippen LogP) is 3.43. The molecule has 26 heavy (non-hydrogen) atoms. The monoisotopic (exact) mass is 364 g/mol. The Bertz CT molecular complexity index is 1180. The molecule has 0 aliphatic rings. The lowest BCUT2D eigenvalue weighted by Crippen LogP contribution is -2.14. The summed E-state index contributed by atoms with van der Waals surface area (Å²) in [6.07, 6.45) is 1.58. The van der Waals surface area contributed by atoms with E-state index in [1.54, 1.807) is 66.9 Å². The van der Waals surface area contributed by atoms with Gasteiger partial charge in [0.15, 0.2) is 5.65 Å². The Hall–Kier alpha value is -2.96. The fourth-order valence-corrected chi connectivity index (χ4v) is 4.49. The molecule has 6 heteroatoms. The van der Waals surface area contributed by atoms with Crippen LogP contribution >= 0.6 is 0 Å². The largest absolute Gasteiger partial charge is 0.392 e. The van der Waals surface area contributed by atoms with Gasteiger partial charge >= 0.3 is 0 Å². The number of nitrogens with zero attached hydrogens (tertiary/aromatic N) is 2. The van der Waals surface area contributed by atoms with Gasteiger partial charge in [0.05, 0.1) is 17.2 Å². The first-order chi connectivity index (χ1) is 12.6. The molecular weight excluding hydrogens is 348 g/mol. The number of aromatic nitrogens is 2. The lowest BCUT2D eigenvalue weighted by atomic mass is 10.1. The van der Waals surface area contributed by atoms with Crippen LogP contribution in [-0.4, -0.2) is 22.5 Å². The van der Waals surface area contributed by atoms with Gasteiger partial charge < -0.3 is 5.11 Å². The molecule has 2 aromatic carbocycles. The van der Waals surface area contributed by atoms with Crippen LogP contribution in [0.5, 0.6) is 0 Å². The molecule has 0 radical (unpaired) electrons. The number of hydrogen-bond donors (Lipinski definition) is 1. The molecule has 0 aliphatic carbocycles. The first-order valence-corrected chi connectivity index (χ1v) is 9.52. The third-order valence-electron chi connectivity index (χ3n) is 4.21. The molecule has 4 rings (SSSR count). The summed E-state index contributed by atoms with van der Waals surface area (Å²) in [5.41, 5.74) is 2.30. The second kappa shape index (κ2) is 6.40. The van der Waals surface area contributed by atoms with Crippen LogP contribution in [0.2, 0.25) is 0 Å². The maximum absolute atomic E-state index is 13.3. The van der Waals surface area contributed by atoms with Crippen molar-refractivity contribution in [2.75, 3.05) is 0 Å². The molecule has 5 nitrogen and oxygen atoms in total. The van der Waals surface area contributed by atoms with Crippen LogP contribution in [0.3, 0.4) is 0 Å². The first-order valence-electron chi connectivity index (χ1n) is 8.08. The van der Waals surface area contributed by atoms with Crippen LogP contribution in [0.1, 0.15) is 5.56 Å². The molecule has 0 saturated carbocycles. The molecule has 0 bridgehead atoms. The first kappa shape index (κ1) is 16.5. The van der Waals surface area contributed by atoms with Crippen LogP contribution in [0.4, 0.5) is 0 Å². The summed E-state index contributed by atoms with van der Waals surface area (Å²) < 4.78 is 27.9. The van der Waals surface area contributed by atoms with E-state index in [4.69, 9.17) is 0 Å². The van der Waals surface area contributed by atoms with E-state index < -0.39 is 10.0 Å². The summed E-state index contributed by atoms with van der Waals surface area (Å²) in [5.74, 6) is 0. The van der Waals surface area contributed by atoms with Gasteiger partial charge in [0, 0.05) is 11.6 Å². The van der Waals surface area contributed by atoms with Gasteiger partial charge in [0.1, 0.15) is 0 Å². The topological polar surface area (TPSA) is 72.2 Å². The Morgan fingerprint density at radius 1 is 0.923 bits per heavy atom. The quantitative estimate of drug-likeness (QED) is 0.602. The molecule has 0 saturated heterocycles. The number of aliphatic hydroxyl groups is 1. The third-order valence-corrected chi connectivity index (χ3v) is 5.93. The van der Waals surface area contributed by atoms with Crippen molar-refractivity contribution in [3.8, 4) is 11.3 Å². The molecule has 130 valence electrons. The van der Waals surface area contributed by atoms with Crippen LogP contribution in [0, 0.1) is 0 Å². The second-order valence-corrected chi connectivity index (χ2v) is 7.67. The van der Waals surface area contributed by atoms with Crippen LogP contribution in [0.15, 0.2) is 83.9 Å². The number of hydrogen-bond acceptors (Lipinski definition) is 4. The average molecular weight is 364 g/mol. The van der Waals surface area contributed by atoms with E-state index in [1.807, 2.05) is 12.1 Å². The maximum Gasteiger partial charge on any atom is 0.269 e. The fraction of sp³-hybridized carbons (Fsp3) is 0.0500. The maximum atomic E-state index is 13.3. The van der Waals surface area contributed by atoms with Crippen molar-refractivity contribution in [3.05, 3.63) is 84.6 Å². The van der Waals surface area contributed by atoms with Crippen LogP contribution in [-0.2, 0) is 16.6 Å². The molecule has 0 unspecified atom stereocenters. The molecule has 4 aromatic rings. The van der Waals surface area contributed by atoms with E-state index >= 15 is 0 Å². The molecule has 2 aromatic heterocycles. The number of aliphatic hydroxyl groups excluding tert-OH is 1. The van der Waals surface area contributed by atoms with Gasteiger partial charge in [0.25, 0.3) is 10.0 Å². The zero-order valence-electron chi connectivity index (χ0n) is 13.8. The van der Waals surface area contributed by atoms with Gasteiger partial charge in [-0.1, -0.05) is 36.4 Å². The van der Waals surface area contributed by atoms with Crippen LogP contribution in [0.25, 0.3) is 22.3 Å². The number of fused-ring (bicyclic) bond motifs is 1. The highest BCUT2D eigenvalue weighted by atomic mass is 32.2. The van der Waals surface area contributed by atoms with Crippen molar-refractivity contribution in [1.82, 2.24) is 8.96 Å². The Balaban J connectivity index is 2.05. The van der Waals surface area contributed by atoms with E-state index in [2.05, 4.69) is 4.98 Å². The van der Waals surface area contributed by atoms with Crippen molar-refractivity contribution in [1.29, 1.82) is 0 Å². The normalized spacial score (nSPS) is 11.7. The molecule has 0 fully saturated rings. The predicted molar refractivity (Wildman–Crippen MR) is 100 cm³/mol. The summed E-state index contributed by atoms with van der Waals surface area (Å²) in [6.45, 7) is -0.113. The smallest absolute Gasteiger partial charge is 0.269 e. The van der Waals surface area contributed by atoms with E-state index in [1.165, 1.54) is 3.97 Å². The van der Waals surface area contributed by atoms with Gasteiger partial charge in [-0.2, -0.15) is 0 Å². The number of benzene rings is 2. The standard InChI is InChI=1S/C20H16N2O3S/c23-14-15-6-4-7-16(12-15)19-13-17-8-5-11-21-20(17)22(19)26(24,25)18-9-2-1-3-10-18/h1-13,23H,14H2. The molecule has 0 amide bonds. The minimum absolute atomic E-state index is 0.113. The zero-order valence-corrected chi connectivity index (χ0v) is 14.6. The van der Waals surface area contributed by atoms with Crippen LogP contribution < -0.4 is 0 Å². The zero-order chi connectivity index (χ0) is 18.1. The highest BCUT2D eigenvalue weighted by Gasteiger charge is 2.24.